The van der Waals surface area contributed by atoms with Crippen LogP contribution in [0.2, 0.25) is 0 Å². The molecule has 0 N–H and O–H groups in total. The van der Waals surface area contributed by atoms with Crippen LogP contribution in [0.3, 0.4) is 0 Å². The Morgan fingerprint density at radius 1 is 1.30 bits per heavy atom. The summed E-state index contributed by atoms with van der Waals surface area (Å²) in [5.74, 6) is 1.00. The van der Waals surface area contributed by atoms with Crippen molar-refractivity contribution in [1.82, 2.24) is 0 Å². The summed E-state index contributed by atoms with van der Waals surface area (Å²) in [7, 11) is 0. The van der Waals surface area contributed by atoms with Crippen LogP contribution in [0.15, 0.2) is 30.3 Å². The SMILES string of the molecule is CCc1ccc(C(Cl)c2ccc3c(c2)CC(C)(C)O3)s1. The number of thiophene rings is 1. The number of hydrogen-bond donors (Lipinski definition) is 0. The Balaban J connectivity index is 1.88. The molecule has 1 aliphatic heterocycles. The maximum atomic E-state index is 6.64. The molecule has 0 aliphatic carbocycles. The fourth-order valence-electron chi connectivity index (χ4n) is 2.67. The van der Waals surface area contributed by atoms with Crippen LogP contribution < -0.4 is 4.74 Å². The van der Waals surface area contributed by atoms with E-state index in [1.54, 1.807) is 11.3 Å². The number of hydrogen-bond acceptors (Lipinski definition) is 2. The fourth-order valence-corrected chi connectivity index (χ4v) is 3.97. The van der Waals surface area contributed by atoms with Crippen LogP contribution in [0.1, 0.15) is 47.0 Å². The van der Waals surface area contributed by atoms with Gasteiger partial charge in [-0.2, -0.15) is 0 Å². The summed E-state index contributed by atoms with van der Waals surface area (Å²) in [6.45, 7) is 6.42. The quantitative estimate of drug-likeness (QED) is 0.694. The molecule has 3 rings (SSSR count). The lowest BCUT2D eigenvalue weighted by Gasteiger charge is -2.16. The maximum absolute atomic E-state index is 6.64. The number of aryl methyl sites for hydroxylation is 1. The monoisotopic (exact) mass is 306 g/mol. The molecule has 0 amide bonds. The van der Waals surface area contributed by atoms with Gasteiger partial charge >= 0.3 is 0 Å². The lowest BCUT2D eigenvalue weighted by Crippen LogP contribution is -2.24. The van der Waals surface area contributed by atoms with Crippen LogP contribution in [0.4, 0.5) is 0 Å². The summed E-state index contributed by atoms with van der Waals surface area (Å²) in [6, 6.07) is 10.7. The molecule has 1 unspecified atom stereocenters. The van der Waals surface area contributed by atoms with Crippen molar-refractivity contribution in [2.45, 2.75) is 44.6 Å². The van der Waals surface area contributed by atoms with Gasteiger partial charge in [0.25, 0.3) is 0 Å². The number of fused-ring (bicyclic) bond motifs is 1. The number of benzene rings is 1. The molecule has 0 fully saturated rings. The topological polar surface area (TPSA) is 9.23 Å². The third kappa shape index (κ3) is 2.59. The van der Waals surface area contributed by atoms with Gasteiger partial charge in [0.05, 0.1) is 5.38 Å². The molecule has 1 aromatic carbocycles. The molecule has 0 radical (unpaired) electrons. The summed E-state index contributed by atoms with van der Waals surface area (Å²) in [5, 5.41) is -0.0608. The van der Waals surface area contributed by atoms with Crippen LogP contribution in [-0.2, 0) is 12.8 Å². The highest BCUT2D eigenvalue weighted by atomic mass is 35.5. The molecule has 0 saturated carbocycles. The molecule has 1 aliphatic rings. The van der Waals surface area contributed by atoms with Crippen LogP contribution >= 0.6 is 22.9 Å². The zero-order chi connectivity index (χ0) is 14.3. The van der Waals surface area contributed by atoms with Crippen LogP contribution in [0.25, 0.3) is 0 Å². The van der Waals surface area contributed by atoms with Gasteiger partial charge < -0.3 is 4.74 Å². The first-order chi connectivity index (χ1) is 9.48. The van der Waals surface area contributed by atoms with Gasteiger partial charge in [-0.3, -0.25) is 0 Å². The molecule has 1 aromatic heterocycles. The second-order valence-electron chi connectivity index (χ2n) is 5.93. The Kier molecular flexibility index (Phi) is 3.55. The van der Waals surface area contributed by atoms with Crippen molar-refractivity contribution in [1.29, 1.82) is 0 Å². The Morgan fingerprint density at radius 3 is 2.80 bits per heavy atom. The zero-order valence-corrected chi connectivity index (χ0v) is 13.6. The summed E-state index contributed by atoms with van der Waals surface area (Å²) in [5.41, 5.74) is 2.34. The first-order valence-electron chi connectivity index (χ1n) is 7.03. The number of alkyl halides is 1. The Morgan fingerprint density at radius 2 is 2.10 bits per heavy atom. The molecule has 0 saturated heterocycles. The minimum absolute atomic E-state index is 0.0608. The smallest absolute Gasteiger partial charge is 0.123 e. The van der Waals surface area contributed by atoms with E-state index in [0.717, 1.165) is 24.2 Å². The average molecular weight is 307 g/mol. The average Bonchev–Trinajstić information content (AvgIpc) is 2.98. The van der Waals surface area contributed by atoms with Gasteiger partial charge in [0.2, 0.25) is 0 Å². The summed E-state index contributed by atoms with van der Waals surface area (Å²) < 4.78 is 5.92. The Bertz CT molecular complexity index is 630. The van der Waals surface area contributed by atoms with Crippen LogP contribution in [-0.4, -0.2) is 5.60 Å². The molecule has 0 spiro atoms. The second-order valence-corrected chi connectivity index (χ2v) is 7.56. The number of rotatable bonds is 3. The lowest BCUT2D eigenvalue weighted by molar-refractivity contribution is 0.138. The maximum Gasteiger partial charge on any atom is 0.123 e. The van der Waals surface area contributed by atoms with Gasteiger partial charge in [0.15, 0.2) is 0 Å². The molecular weight excluding hydrogens is 288 g/mol. The lowest BCUT2D eigenvalue weighted by atomic mass is 9.99. The van der Waals surface area contributed by atoms with Crippen molar-refractivity contribution in [3.63, 3.8) is 0 Å². The first kappa shape index (κ1) is 14.0. The van der Waals surface area contributed by atoms with E-state index in [4.69, 9.17) is 16.3 Å². The van der Waals surface area contributed by atoms with E-state index >= 15 is 0 Å². The van der Waals surface area contributed by atoms with Crippen molar-refractivity contribution < 1.29 is 4.74 Å². The molecule has 3 heteroatoms. The molecule has 20 heavy (non-hydrogen) atoms. The van der Waals surface area contributed by atoms with Gasteiger partial charge in [-0.05, 0) is 49.6 Å². The summed E-state index contributed by atoms with van der Waals surface area (Å²) in [4.78, 5) is 2.61. The molecule has 1 nitrogen and oxygen atoms in total. The molecule has 1 atom stereocenters. The molecule has 106 valence electrons. The van der Waals surface area contributed by atoms with Crippen molar-refractivity contribution in [2.24, 2.45) is 0 Å². The van der Waals surface area contributed by atoms with E-state index in [-0.39, 0.29) is 11.0 Å². The van der Waals surface area contributed by atoms with Crippen molar-refractivity contribution >= 4 is 22.9 Å². The normalized spacial score (nSPS) is 17.6. The predicted octanol–water partition coefficient (Wildman–Crippen LogP) is 5.35. The number of halogens is 1. The highest BCUT2D eigenvalue weighted by molar-refractivity contribution is 7.12. The third-order valence-corrected chi connectivity index (χ3v) is 5.57. The van der Waals surface area contributed by atoms with Crippen LogP contribution in [0, 0.1) is 0 Å². The van der Waals surface area contributed by atoms with E-state index in [0.29, 0.717) is 0 Å². The Hall–Kier alpha value is -0.990. The van der Waals surface area contributed by atoms with E-state index < -0.39 is 0 Å². The van der Waals surface area contributed by atoms with Crippen molar-refractivity contribution in [3.8, 4) is 5.75 Å². The van der Waals surface area contributed by atoms with Crippen molar-refractivity contribution in [3.05, 3.63) is 51.2 Å². The van der Waals surface area contributed by atoms with Gasteiger partial charge in [-0.25, -0.2) is 0 Å². The zero-order valence-electron chi connectivity index (χ0n) is 12.1. The fraction of sp³-hybridized carbons (Fsp3) is 0.412. The minimum Gasteiger partial charge on any atom is -0.487 e. The highest BCUT2D eigenvalue weighted by Crippen LogP contribution is 2.40. The van der Waals surface area contributed by atoms with Gasteiger partial charge in [0.1, 0.15) is 11.4 Å². The molecule has 2 aromatic rings. The van der Waals surface area contributed by atoms with E-state index in [1.165, 1.54) is 15.3 Å². The van der Waals surface area contributed by atoms with Crippen LogP contribution in [0.5, 0.6) is 5.75 Å². The summed E-state index contributed by atoms with van der Waals surface area (Å²) in [6.07, 6.45) is 2.02. The predicted molar refractivity (Wildman–Crippen MR) is 86.2 cm³/mol. The summed E-state index contributed by atoms with van der Waals surface area (Å²) >= 11 is 8.45. The Labute approximate surface area is 129 Å². The van der Waals surface area contributed by atoms with Gasteiger partial charge in [-0.15, -0.1) is 22.9 Å². The largest absolute Gasteiger partial charge is 0.487 e. The molecule has 2 heterocycles. The molecule has 0 bridgehead atoms. The minimum atomic E-state index is -0.0962. The van der Waals surface area contributed by atoms with Crippen molar-refractivity contribution in [2.75, 3.05) is 0 Å². The van der Waals surface area contributed by atoms with E-state index in [1.807, 2.05) is 0 Å². The standard InChI is InChI=1S/C17H19ClOS/c1-4-13-6-8-15(20-13)16(18)11-5-7-14-12(9-11)10-17(2,3)19-14/h5-9,16H,4,10H2,1-3H3. The molecular formula is C17H19ClOS. The first-order valence-corrected chi connectivity index (χ1v) is 8.28. The van der Waals surface area contributed by atoms with E-state index in [2.05, 4.69) is 51.1 Å². The number of ether oxygens (including phenoxy) is 1. The van der Waals surface area contributed by atoms with Gasteiger partial charge in [0, 0.05) is 16.2 Å². The van der Waals surface area contributed by atoms with Gasteiger partial charge in [-0.1, -0.05) is 19.1 Å². The second kappa shape index (κ2) is 5.09. The highest BCUT2D eigenvalue weighted by Gasteiger charge is 2.30. The third-order valence-electron chi connectivity index (χ3n) is 3.66. The van der Waals surface area contributed by atoms with E-state index in [9.17, 15) is 0 Å².